The largest absolute Gasteiger partial charge is 0.464 e. The predicted molar refractivity (Wildman–Crippen MR) is 110 cm³/mol. The number of ketones is 1. The fourth-order valence-electron chi connectivity index (χ4n) is 2.37. The van der Waals surface area contributed by atoms with Crippen molar-refractivity contribution in [2.45, 2.75) is 6.42 Å². The zero-order valence-corrected chi connectivity index (χ0v) is 17.1. The van der Waals surface area contributed by atoms with Crippen LogP contribution in [0, 0.1) is 0 Å². The van der Waals surface area contributed by atoms with E-state index in [1.54, 1.807) is 11.4 Å². The average Bonchev–Trinajstić information content (AvgIpc) is 3.27. The number of hydrogen-bond donors (Lipinski definition) is 1. The number of likely N-dealkylation sites (N-methyl/N-ethyl adjacent to an activating group) is 1. The minimum Gasteiger partial charge on any atom is -0.464 e. The third-order valence-electron chi connectivity index (χ3n) is 3.79. The van der Waals surface area contributed by atoms with Crippen molar-refractivity contribution in [1.82, 2.24) is 9.88 Å². The van der Waals surface area contributed by atoms with Gasteiger partial charge >= 0.3 is 5.97 Å². The Balaban J connectivity index is 1.63. The number of nitrogens with zero attached hydrogens (tertiary/aromatic N) is 2. The standard InChI is InChI=1S/C19H19N3O4S2/c1-22(2)8-9-26-16(24)11-14(23)12-7-10-27-18(12)21-17(25)19-20-13-5-3-4-6-15(13)28-19/h3-7,10H,8-9,11H2,1-2H3,(H,21,25). The maximum atomic E-state index is 12.5. The van der Waals surface area contributed by atoms with Gasteiger partial charge in [-0.3, -0.25) is 14.4 Å². The van der Waals surface area contributed by atoms with Crippen LogP contribution in [0.1, 0.15) is 26.6 Å². The van der Waals surface area contributed by atoms with Crippen LogP contribution in [0.3, 0.4) is 0 Å². The van der Waals surface area contributed by atoms with Crippen molar-refractivity contribution in [1.29, 1.82) is 0 Å². The molecule has 28 heavy (non-hydrogen) atoms. The first kappa shape index (κ1) is 20.1. The molecule has 3 rings (SSSR count). The average molecular weight is 418 g/mol. The quantitative estimate of drug-likeness (QED) is 0.344. The van der Waals surface area contributed by atoms with Gasteiger partial charge in [-0.15, -0.1) is 22.7 Å². The van der Waals surface area contributed by atoms with Gasteiger partial charge in [0, 0.05) is 6.54 Å². The SMILES string of the molecule is CN(C)CCOC(=O)CC(=O)c1ccsc1NC(=O)c1nc2ccccc2s1. The van der Waals surface area contributed by atoms with Gasteiger partial charge in [0.1, 0.15) is 18.0 Å². The summed E-state index contributed by atoms with van der Waals surface area (Å²) in [5.41, 5.74) is 1.05. The molecule has 0 atom stereocenters. The monoisotopic (exact) mass is 417 g/mol. The molecule has 7 nitrogen and oxygen atoms in total. The molecule has 1 amide bonds. The Hall–Kier alpha value is -2.62. The van der Waals surface area contributed by atoms with Crippen LogP contribution in [0.2, 0.25) is 0 Å². The summed E-state index contributed by atoms with van der Waals surface area (Å²) in [5.74, 6) is -1.36. The number of rotatable bonds is 8. The highest BCUT2D eigenvalue weighted by Gasteiger charge is 2.20. The molecule has 1 aromatic carbocycles. The Kier molecular flexibility index (Phi) is 6.50. The second-order valence-corrected chi connectivity index (χ2v) is 8.17. The van der Waals surface area contributed by atoms with Gasteiger partial charge in [-0.25, -0.2) is 4.98 Å². The summed E-state index contributed by atoms with van der Waals surface area (Å²) >= 11 is 2.50. The number of benzene rings is 1. The number of anilines is 1. The molecule has 2 heterocycles. The number of carbonyl (C=O) groups excluding carboxylic acids is 3. The van der Waals surface area contributed by atoms with E-state index in [0.717, 1.165) is 10.2 Å². The smallest absolute Gasteiger partial charge is 0.313 e. The number of nitrogens with one attached hydrogen (secondary N) is 1. The highest BCUT2D eigenvalue weighted by molar-refractivity contribution is 7.20. The summed E-state index contributed by atoms with van der Waals surface area (Å²) in [6.07, 6.45) is -0.367. The number of para-hydroxylation sites is 1. The second-order valence-electron chi connectivity index (χ2n) is 6.23. The fraction of sp³-hybridized carbons (Fsp3) is 0.263. The van der Waals surface area contributed by atoms with Gasteiger partial charge in [0.05, 0.1) is 15.8 Å². The van der Waals surface area contributed by atoms with Crippen molar-refractivity contribution < 1.29 is 19.1 Å². The summed E-state index contributed by atoms with van der Waals surface area (Å²) in [6.45, 7) is 0.811. The molecule has 0 unspecified atom stereocenters. The van der Waals surface area contributed by atoms with Crippen molar-refractivity contribution in [2.24, 2.45) is 0 Å². The number of ether oxygens (including phenoxy) is 1. The molecule has 0 aliphatic carbocycles. The number of Topliss-reactive ketones (excluding diaryl/α,β-unsaturated/α-hetero) is 1. The first-order valence-corrected chi connectivity index (χ1v) is 10.2. The molecule has 0 radical (unpaired) electrons. The van der Waals surface area contributed by atoms with Gasteiger partial charge in [0.15, 0.2) is 10.8 Å². The lowest BCUT2D eigenvalue weighted by molar-refractivity contribution is -0.142. The highest BCUT2D eigenvalue weighted by Crippen LogP contribution is 2.27. The third-order valence-corrected chi connectivity index (χ3v) is 5.65. The molecule has 9 heteroatoms. The van der Waals surface area contributed by atoms with Gasteiger partial charge in [0.25, 0.3) is 5.91 Å². The minimum atomic E-state index is -0.582. The molecule has 1 N–H and O–H groups in total. The molecule has 0 spiro atoms. The Morgan fingerprint density at radius 3 is 2.71 bits per heavy atom. The summed E-state index contributed by atoms with van der Waals surface area (Å²) < 4.78 is 5.96. The van der Waals surface area contributed by atoms with E-state index < -0.39 is 11.8 Å². The lowest BCUT2D eigenvalue weighted by Gasteiger charge is -2.09. The Labute approximate surface area is 169 Å². The molecular formula is C19H19N3O4S2. The molecule has 0 saturated carbocycles. The van der Waals surface area contributed by atoms with E-state index in [-0.39, 0.29) is 18.9 Å². The van der Waals surface area contributed by atoms with Crippen LogP contribution in [0.5, 0.6) is 0 Å². The van der Waals surface area contributed by atoms with E-state index in [4.69, 9.17) is 4.74 Å². The normalized spacial score (nSPS) is 11.0. The Morgan fingerprint density at radius 2 is 1.96 bits per heavy atom. The maximum Gasteiger partial charge on any atom is 0.313 e. The van der Waals surface area contributed by atoms with E-state index >= 15 is 0 Å². The summed E-state index contributed by atoms with van der Waals surface area (Å²) in [5, 5.41) is 5.14. The summed E-state index contributed by atoms with van der Waals surface area (Å²) in [7, 11) is 3.73. The van der Waals surface area contributed by atoms with E-state index in [9.17, 15) is 14.4 Å². The number of esters is 1. The van der Waals surface area contributed by atoms with Crippen molar-refractivity contribution in [3.63, 3.8) is 0 Å². The number of thiophene rings is 1. The van der Waals surface area contributed by atoms with Gasteiger partial charge in [-0.2, -0.15) is 0 Å². The van der Waals surface area contributed by atoms with Crippen LogP contribution in [0.25, 0.3) is 10.2 Å². The lowest BCUT2D eigenvalue weighted by atomic mass is 10.1. The lowest BCUT2D eigenvalue weighted by Crippen LogP contribution is -2.21. The van der Waals surface area contributed by atoms with E-state index in [2.05, 4.69) is 10.3 Å². The van der Waals surface area contributed by atoms with Crippen LogP contribution in [0.15, 0.2) is 35.7 Å². The minimum absolute atomic E-state index is 0.226. The number of hydrogen-bond acceptors (Lipinski definition) is 8. The number of aromatic nitrogens is 1. The summed E-state index contributed by atoms with van der Waals surface area (Å²) in [4.78, 5) is 43.0. The topological polar surface area (TPSA) is 88.6 Å². The van der Waals surface area contributed by atoms with E-state index in [1.807, 2.05) is 43.3 Å². The molecule has 0 aliphatic rings. The van der Waals surface area contributed by atoms with E-state index in [0.29, 0.717) is 22.1 Å². The number of carbonyl (C=O) groups is 3. The van der Waals surface area contributed by atoms with Crippen LogP contribution in [0.4, 0.5) is 5.00 Å². The molecule has 3 aromatic rings. The van der Waals surface area contributed by atoms with Crippen LogP contribution >= 0.6 is 22.7 Å². The first-order chi connectivity index (χ1) is 13.4. The molecular weight excluding hydrogens is 398 g/mol. The van der Waals surface area contributed by atoms with Crippen LogP contribution in [-0.4, -0.2) is 54.8 Å². The van der Waals surface area contributed by atoms with Gasteiger partial charge in [-0.05, 0) is 37.7 Å². The van der Waals surface area contributed by atoms with Crippen molar-refractivity contribution in [3.8, 4) is 0 Å². The predicted octanol–water partition coefficient (Wildman–Crippen LogP) is 3.29. The van der Waals surface area contributed by atoms with E-state index in [1.165, 1.54) is 22.7 Å². The van der Waals surface area contributed by atoms with Crippen LogP contribution in [-0.2, 0) is 9.53 Å². The Morgan fingerprint density at radius 1 is 1.18 bits per heavy atom. The number of amides is 1. The molecule has 0 fully saturated rings. The van der Waals surface area contributed by atoms with Crippen LogP contribution < -0.4 is 5.32 Å². The molecule has 0 aliphatic heterocycles. The fourth-order valence-corrected chi connectivity index (χ4v) is 4.03. The maximum absolute atomic E-state index is 12.5. The molecule has 0 saturated heterocycles. The van der Waals surface area contributed by atoms with Crippen molar-refractivity contribution in [3.05, 3.63) is 46.3 Å². The zero-order chi connectivity index (χ0) is 20.1. The van der Waals surface area contributed by atoms with Gasteiger partial charge < -0.3 is 15.0 Å². The highest BCUT2D eigenvalue weighted by atomic mass is 32.1. The zero-order valence-electron chi connectivity index (χ0n) is 15.4. The molecule has 0 bridgehead atoms. The first-order valence-electron chi connectivity index (χ1n) is 8.52. The Bertz CT molecular complexity index is 976. The summed E-state index contributed by atoms with van der Waals surface area (Å²) in [6, 6.07) is 9.07. The second kappa shape index (κ2) is 9.05. The number of fused-ring (bicyclic) bond motifs is 1. The van der Waals surface area contributed by atoms with Crippen molar-refractivity contribution in [2.75, 3.05) is 32.6 Å². The molecule has 2 aromatic heterocycles. The third kappa shape index (κ3) is 5.00. The van der Waals surface area contributed by atoms with Gasteiger partial charge in [-0.1, -0.05) is 12.1 Å². The molecule has 146 valence electrons. The van der Waals surface area contributed by atoms with Gasteiger partial charge in [0.2, 0.25) is 0 Å². The number of thiazole rings is 1. The van der Waals surface area contributed by atoms with Crippen molar-refractivity contribution >= 4 is 55.6 Å².